The van der Waals surface area contributed by atoms with Gasteiger partial charge in [-0.15, -0.1) is 11.3 Å². The minimum Gasteiger partial charge on any atom is -0.402 e. The molecule has 0 unspecified atom stereocenters. The van der Waals surface area contributed by atoms with Crippen molar-refractivity contribution in [2.75, 3.05) is 0 Å². The van der Waals surface area contributed by atoms with Gasteiger partial charge in [0.15, 0.2) is 0 Å². The normalized spacial score (nSPS) is 14.6. The quantitative estimate of drug-likeness (QED) is 0.548. The van der Waals surface area contributed by atoms with Gasteiger partial charge in [-0.1, -0.05) is 68.5 Å². The lowest BCUT2D eigenvalue weighted by Crippen LogP contribution is -2.29. The van der Waals surface area contributed by atoms with Crippen molar-refractivity contribution in [2.24, 2.45) is 16.5 Å². The molecule has 0 aliphatic carbocycles. The van der Waals surface area contributed by atoms with E-state index in [0.29, 0.717) is 5.84 Å². The molecule has 0 aliphatic rings. The second kappa shape index (κ2) is 10.5. The molecule has 1 aromatic heterocycles. The minimum atomic E-state index is 0.557. The lowest BCUT2D eigenvalue weighted by Gasteiger charge is -2.00. The van der Waals surface area contributed by atoms with E-state index >= 15 is 0 Å². The van der Waals surface area contributed by atoms with Crippen molar-refractivity contribution in [3.05, 3.63) is 87.1 Å². The number of amidine groups is 1. The summed E-state index contributed by atoms with van der Waals surface area (Å²) in [5.41, 5.74) is 16.3. The molecule has 3 nitrogen and oxygen atoms in total. The lowest BCUT2D eigenvalue weighted by atomic mass is 10.1. The van der Waals surface area contributed by atoms with Crippen LogP contribution >= 0.6 is 11.3 Å². The van der Waals surface area contributed by atoms with Crippen molar-refractivity contribution >= 4 is 34.5 Å². The maximum absolute atomic E-state index is 6.16. The number of allylic oxidation sites excluding steroid dienone is 3. The number of aliphatic imine (C=N–C) groups is 1. The average molecular weight is 392 g/mol. The van der Waals surface area contributed by atoms with E-state index in [-0.39, 0.29) is 0 Å². The van der Waals surface area contributed by atoms with E-state index in [1.165, 1.54) is 0 Å². The van der Waals surface area contributed by atoms with Gasteiger partial charge in [0.05, 0.1) is 4.88 Å². The van der Waals surface area contributed by atoms with Crippen LogP contribution in [0.3, 0.4) is 0 Å². The molecule has 0 spiro atoms. The molecule has 0 amide bonds. The van der Waals surface area contributed by atoms with Crippen LogP contribution in [0.25, 0.3) is 17.3 Å². The first-order valence-electron chi connectivity index (χ1n) is 9.42. The van der Waals surface area contributed by atoms with Gasteiger partial charge in [0.25, 0.3) is 0 Å². The number of benzene rings is 1. The van der Waals surface area contributed by atoms with Crippen LogP contribution in [0.15, 0.2) is 65.6 Å². The standard InChI is InChI=1S/C24H29N3S/c1-5-7-10-15-27-24(26)23-17(3)20(16-28-23)14-13-19(6-2)22-12-9-8-11-21(22)18(4)25/h6,8-16H,2,5,7,25H2,1,3-4H3,(H2,26,27)/b14-13+,15-10+,21-18+,22-19+. The van der Waals surface area contributed by atoms with E-state index in [1.807, 2.05) is 37.3 Å². The molecule has 0 radical (unpaired) electrons. The van der Waals surface area contributed by atoms with Gasteiger partial charge in [0, 0.05) is 17.1 Å². The number of nitrogens with two attached hydrogens (primary N) is 2. The van der Waals surface area contributed by atoms with E-state index in [1.54, 1.807) is 17.5 Å². The summed E-state index contributed by atoms with van der Waals surface area (Å²) in [6.45, 7) is 10.1. The Balaban J connectivity index is 2.41. The van der Waals surface area contributed by atoms with Crippen molar-refractivity contribution in [2.45, 2.75) is 33.6 Å². The zero-order valence-electron chi connectivity index (χ0n) is 16.9. The number of hydrogen-bond donors (Lipinski definition) is 2. The van der Waals surface area contributed by atoms with Crippen molar-refractivity contribution in [3.63, 3.8) is 0 Å². The van der Waals surface area contributed by atoms with Crippen LogP contribution in [0, 0.1) is 6.92 Å². The number of thiophene rings is 1. The zero-order chi connectivity index (χ0) is 20.5. The molecule has 146 valence electrons. The molecule has 0 atom stereocenters. The number of rotatable bonds is 7. The second-order valence-electron chi connectivity index (χ2n) is 6.55. The fourth-order valence-electron chi connectivity index (χ4n) is 2.81. The highest BCUT2D eigenvalue weighted by Gasteiger charge is 2.08. The van der Waals surface area contributed by atoms with Gasteiger partial charge >= 0.3 is 0 Å². The van der Waals surface area contributed by atoms with Crippen LogP contribution in [-0.2, 0) is 0 Å². The Bertz CT molecular complexity index is 1030. The Labute approximate surface area is 171 Å². The Kier molecular flexibility index (Phi) is 8.02. The Morgan fingerprint density at radius 1 is 1.21 bits per heavy atom. The molecule has 2 rings (SSSR count). The second-order valence-corrected chi connectivity index (χ2v) is 7.43. The molecule has 1 aromatic carbocycles. The Hall–Kier alpha value is -2.85. The van der Waals surface area contributed by atoms with Gasteiger partial charge in [-0.25, -0.2) is 4.99 Å². The fraction of sp³-hybridized carbons (Fsp3) is 0.208. The topological polar surface area (TPSA) is 64.4 Å². The summed E-state index contributed by atoms with van der Waals surface area (Å²) < 4.78 is 0. The van der Waals surface area contributed by atoms with Crippen LogP contribution < -0.4 is 21.9 Å². The highest BCUT2D eigenvalue weighted by molar-refractivity contribution is 7.12. The molecule has 0 saturated carbocycles. The molecule has 0 bridgehead atoms. The summed E-state index contributed by atoms with van der Waals surface area (Å²) in [6.07, 6.45) is 12.0. The lowest BCUT2D eigenvalue weighted by molar-refractivity contribution is 0.956. The maximum Gasteiger partial charge on any atom is 0.140 e. The molecule has 0 saturated heterocycles. The van der Waals surface area contributed by atoms with Gasteiger partial charge in [-0.05, 0) is 47.6 Å². The smallest absolute Gasteiger partial charge is 0.140 e. The van der Waals surface area contributed by atoms with E-state index in [0.717, 1.165) is 50.6 Å². The molecule has 0 aliphatic heterocycles. The maximum atomic E-state index is 6.16. The van der Waals surface area contributed by atoms with Crippen molar-refractivity contribution in [1.82, 2.24) is 0 Å². The third kappa shape index (κ3) is 5.33. The number of nitrogens with zero attached hydrogens (tertiary/aromatic N) is 1. The van der Waals surface area contributed by atoms with Crippen LogP contribution in [-0.4, -0.2) is 5.84 Å². The van der Waals surface area contributed by atoms with Crippen LogP contribution in [0.5, 0.6) is 0 Å². The average Bonchev–Trinajstić information content (AvgIpc) is 3.06. The molecule has 2 aromatic rings. The molecule has 1 heterocycles. The molecule has 4 N–H and O–H groups in total. The van der Waals surface area contributed by atoms with Crippen LogP contribution in [0.1, 0.15) is 42.7 Å². The predicted octanol–water partition coefficient (Wildman–Crippen LogP) is 4.21. The highest BCUT2D eigenvalue weighted by Crippen LogP contribution is 2.23. The third-order valence-corrected chi connectivity index (χ3v) is 5.53. The number of hydrogen-bond acceptors (Lipinski definition) is 3. The predicted molar refractivity (Wildman–Crippen MR) is 125 cm³/mol. The van der Waals surface area contributed by atoms with Crippen molar-refractivity contribution < 1.29 is 0 Å². The molecular formula is C24H29N3S. The van der Waals surface area contributed by atoms with Crippen molar-refractivity contribution in [3.8, 4) is 0 Å². The first-order chi connectivity index (χ1) is 13.5. The molecule has 0 fully saturated rings. The van der Waals surface area contributed by atoms with Gasteiger partial charge in [-0.3, -0.25) is 0 Å². The molecule has 28 heavy (non-hydrogen) atoms. The summed E-state index contributed by atoms with van der Waals surface area (Å²) in [5, 5.41) is 4.20. The molecular weight excluding hydrogens is 362 g/mol. The zero-order valence-corrected chi connectivity index (χ0v) is 17.7. The largest absolute Gasteiger partial charge is 0.402 e. The van der Waals surface area contributed by atoms with E-state index in [2.05, 4.69) is 49.0 Å². The Morgan fingerprint density at radius 3 is 2.57 bits per heavy atom. The third-order valence-electron chi connectivity index (χ3n) is 4.41. The SMILES string of the molecule is C=CC(/C=C/c1csc(/C(N)=N\C=C\CCC)c1C)=c1/cccc/c1=C(/C)N. The summed E-state index contributed by atoms with van der Waals surface area (Å²) in [6, 6.07) is 8.09. The first-order valence-corrected chi connectivity index (χ1v) is 10.3. The fourth-order valence-corrected chi connectivity index (χ4v) is 3.77. The monoisotopic (exact) mass is 391 g/mol. The van der Waals surface area contributed by atoms with Crippen LogP contribution in [0.2, 0.25) is 0 Å². The van der Waals surface area contributed by atoms with Gasteiger partial charge < -0.3 is 11.5 Å². The Morgan fingerprint density at radius 2 is 1.93 bits per heavy atom. The van der Waals surface area contributed by atoms with Gasteiger partial charge in [-0.2, -0.15) is 0 Å². The highest BCUT2D eigenvalue weighted by atomic mass is 32.1. The minimum absolute atomic E-state index is 0.557. The van der Waals surface area contributed by atoms with Gasteiger partial charge in [0.1, 0.15) is 5.84 Å². The summed E-state index contributed by atoms with van der Waals surface area (Å²) >= 11 is 1.61. The van der Waals surface area contributed by atoms with E-state index < -0.39 is 0 Å². The summed E-state index contributed by atoms with van der Waals surface area (Å²) in [5.74, 6) is 0.557. The summed E-state index contributed by atoms with van der Waals surface area (Å²) in [7, 11) is 0. The van der Waals surface area contributed by atoms with Crippen molar-refractivity contribution in [1.29, 1.82) is 0 Å². The summed E-state index contributed by atoms with van der Waals surface area (Å²) in [4.78, 5) is 5.37. The number of unbranched alkanes of at least 4 members (excludes halogenated alkanes) is 1. The molecule has 4 heteroatoms. The van der Waals surface area contributed by atoms with E-state index in [9.17, 15) is 0 Å². The van der Waals surface area contributed by atoms with Gasteiger partial charge in [0.2, 0.25) is 0 Å². The van der Waals surface area contributed by atoms with E-state index in [4.69, 9.17) is 11.5 Å². The van der Waals surface area contributed by atoms with Crippen LogP contribution in [0.4, 0.5) is 0 Å². The first kappa shape index (κ1) is 21.5.